The van der Waals surface area contributed by atoms with Gasteiger partial charge in [0.1, 0.15) is 5.78 Å². The molecule has 1 aromatic heterocycles. The molecule has 0 spiro atoms. The third-order valence-electron chi connectivity index (χ3n) is 3.47. The van der Waals surface area contributed by atoms with Crippen LogP contribution in [0.2, 0.25) is 0 Å². The predicted molar refractivity (Wildman–Crippen MR) is 83.9 cm³/mol. The van der Waals surface area contributed by atoms with Crippen molar-refractivity contribution in [2.75, 3.05) is 0 Å². The van der Waals surface area contributed by atoms with E-state index in [0.29, 0.717) is 12.8 Å². The number of benzene rings is 1. The molecule has 2 aromatic rings. The van der Waals surface area contributed by atoms with E-state index in [-0.39, 0.29) is 5.78 Å². The molecule has 0 radical (unpaired) electrons. The van der Waals surface area contributed by atoms with E-state index in [2.05, 4.69) is 21.0 Å². The number of carbonyl (C=O) groups excluding carboxylic acids is 1. The molecule has 0 saturated heterocycles. The maximum atomic E-state index is 12.3. The Morgan fingerprint density at radius 1 is 1.25 bits per heavy atom. The van der Waals surface area contributed by atoms with Crippen molar-refractivity contribution in [2.24, 2.45) is 0 Å². The molecular weight excluding hydrogens is 316 g/mol. The van der Waals surface area contributed by atoms with Crippen molar-refractivity contribution in [1.29, 1.82) is 0 Å². The molecule has 0 atom stereocenters. The SMILES string of the molecule is CCn1nc(C)c(Br)c1CC(=O)Cc1ccccc1C. The van der Waals surface area contributed by atoms with Gasteiger partial charge in [-0.3, -0.25) is 9.48 Å². The molecule has 0 fully saturated rings. The second kappa shape index (κ2) is 6.35. The van der Waals surface area contributed by atoms with Gasteiger partial charge in [0.05, 0.1) is 15.9 Å². The number of Topliss-reactive ketones (excluding diaryl/α,β-unsaturated/α-hetero) is 1. The van der Waals surface area contributed by atoms with Crippen LogP contribution < -0.4 is 0 Å². The maximum Gasteiger partial charge on any atom is 0.143 e. The first-order chi connectivity index (χ1) is 9.52. The van der Waals surface area contributed by atoms with Crippen molar-refractivity contribution in [2.45, 2.75) is 40.2 Å². The Kier molecular flexibility index (Phi) is 4.76. The highest BCUT2D eigenvalue weighted by molar-refractivity contribution is 9.10. The fourth-order valence-corrected chi connectivity index (χ4v) is 2.73. The molecule has 0 aliphatic heterocycles. The number of nitrogens with zero attached hydrogens (tertiary/aromatic N) is 2. The Balaban J connectivity index is 2.15. The summed E-state index contributed by atoms with van der Waals surface area (Å²) in [5.74, 6) is 0.217. The van der Waals surface area contributed by atoms with Crippen molar-refractivity contribution in [3.05, 3.63) is 51.3 Å². The molecule has 3 nitrogen and oxygen atoms in total. The summed E-state index contributed by atoms with van der Waals surface area (Å²) in [7, 11) is 0. The normalized spacial score (nSPS) is 10.8. The van der Waals surface area contributed by atoms with Crippen LogP contribution in [0.4, 0.5) is 0 Å². The largest absolute Gasteiger partial charge is 0.299 e. The number of carbonyl (C=O) groups is 1. The average Bonchev–Trinajstić information content (AvgIpc) is 2.69. The number of hydrogen-bond acceptors (Lipinski definition) is 2. The lowest BCUT2D eigenvalue weighted by molar-refractivity contribution is -0.117. The van der Waals surface area contributed by atoms with Crippen LogP contribution in [0, 0.1) is 13.8 Å². The Bertz CT molecular complexity index is 631. The monoisotopic (exact) mass is 334 g/mol. The van der Waals surface area contributed by atoms with E-state index >= 15 is 0 Å². The summed E-state index contributed by atoms with van der Waals surface area (Å²) in [6, 6.07) is 8.03. The van der Waals surface area contributed by atoms with Crippen molar-refractivity contribution < 1.29 is 4.79 Å². The number of rotatable bonds is 5. The average molecular weight is 335 g/mol. The maximum absolute atomic E-state index is 12.3. The zero-order valence-corrected chi connectivity index (χ0v) is 13.7. The Hall–Kier alpha value is -1.42. The van der Waals surface area contributed by atoms with Crippen LogP contribution in [0.1, 0.15) is 29.4 Å². The fourth-order valence-electron chi connectivity index (χ4n) is 2.31. The fraction of sp³-hybridized carbons (Fsp3) is 0.375. The second-order valence-electron chi connectivity index (χ2n) is 4.98. The smallest absolute Gasteiger partial charge is 0.143 e. The zero-order valence-electron chi connectivity index (χ0n) is 12.1. The molecule has 0 amide bonds. The summed E-state index contributed by atoms with van der Waals surface area (Å²) >= 11 is 3.53. The minimum Gasteiger partial charge on any atom is -0.299 e. The highest BCUT2D eigenvalue weighted by atomic mass is 79.9. The summed E-state index contributed by atoms with van der Waals surface area (Å²) in [6.07, 6.45) is 0.899. The van der Waals surface area contributed by atoms with Gasteiger partial charge in [-0.2, -0.15) is 5.10 Å². The van der Waals surface area contributed by atoms with E-state index in [1.807, 2.05) is 49.7 Å². The highest BCUT2D eigenvalue weighted by Gasteiger charge is 2.16. The van der Waals surface area contributed by atoms with Crippen LogP contribution in [-0.2, 0) is 24.2 Å². The van der Waals surface area contributed by atoms with E-state index < -0.39 is 0 Å². The number of aryl methyl sites for hydroxylation is 3. The van der Waals surface area contributed by atoms with Gasteiger partial charge in [0.2, 0.25) is 0 Å². The molecule has 0 saturated carbocycles. The molecule has 4 heteroatoms. The van der Waals surface area contributed by atoms with Crippen molar-refractivity contribution >= 4 is 21.7 Å². The molecule has 0 aliphatic rings. The van der Waals surface area contributed by atoms with Gasteiger partial charge in [-0.15, -0.1) is 0 Å². The van der Waals surface area contributed by atoms with Crippen LogP contribution in [0.15, 0.2) is 28.7 Å². The van der Waals surface area contributed by atoms with Crippen LogP contribution >= 0.6 is 15.9 Å². The summed E-state index contributed by atoms with van der Waals surface area (Å²) in [5.41, 5.74) is 4.18. The first-order valence-electron chi connectivity index (χ1n) is 6.81. The predicted octanol–water partition coefficient (Wildman–Crippen LogP) is 3.64. The van der Waals surface area contributed by atoms with Crippen LogP contribution in [-0.4, -0.2) is 15.6 Å². The Morgan fingerprint density at radius 2 is 1.95 bits per heavy atom. The summed E-state index contributed by atoms with van der Waals surface area (Å²) in [5, 5.41) is 4.42. The standard InChI is InChI=1S/C16H19BrN2O/c1-4-19-15(16(17)12(3)18-19)10-14(20)9-13-8-6-5-7-11(13)2/h5-8H,4,9-10H2,1-3H3. The minimum absolute atomic E-state index is 0.217. The Morgan fingerprint density at radius 3 is 2.60 bits per heavy atom. The van der Waals surface area contributed by atoms with E-state index in [1.165, 1.54) is 5.56 Å². The topological polar surface area (TPSA) is 34.9 Å². The van der Waals surface area contributed by atoms with Gasteiger partial charge in [-0.05, 0) is 47.8 Å². The van der Waals surface area contributed by atoms with E-state index in [1.54, 1.807) is 0 Å². The third-order valence-corrected chi connectivity index (χ3v) is 4.50. The molecule has 1 heterocycles. The first kappa shape index (κ1) is 15.0. The van der Waals surface area contributed by atoms with Gasteiger partial charge in [0.15, 0.2) is 0 Å². The molecule has 1 aromatic carbocycles. The van der Waals surface area contributed by atoms with Crippen LogP contribution in [0.3, 0.4) is 0 Å². The molecule has 0 unspecified atom stereocenters. The van der Waals surface area contributed by atoms with Crippen molar-refractivity contribution in [3.8, 4) is 0 Å². The van der Waals surface area contributed by atoms with Gasteiger partial charge in [-0.25, -0.2) is 0 Å². The molecule has 2 rings (SSSR count). The molecule has 20 heavy (non-hydrogen) atoms. The zero-order chi connectivity index (χ0) is 14.7. The minimum atomic E-state index is 0.217. The number of halogens is 1. The first-order valence-corrected chi connectivity index (χ1v) is 7.60. The van der Waals surface area contributed by atoms with Gasteiger partial charge in [0.25, 0.3) is 0 Å². The summed E-state index contributed by atoms with van der Waals surface area (Å²) in [6.45, 7) is 6.80. The highest BCUT2D eigenvalue weighted by Crippen LogP contribution is 2.22. The van der Waals surface area contributed by atoms with Crippen LogP contribution in [0.25, 0.3) is 0 Å². The van der Waals surface area contributed by atoms with Crippen molar-refractivity contribution in [3.63, 3.8) is 0 Å². The van der Waals surface area contributed by atoms with Crippen LogP contribution in [0.5, 0.6) is 0 Å². The lowest BCUT2D eigenvalue weighted by atomic mass is 10.0. The van der Waals surface area contributed by atoms with Crippen molar-refractivity contribution in [1.82, 2.24) is 9.78 Å². The molecule has 0 aliphatic carbocycles. The van der Waals surface area contributed by atoms with Gasteiger partial charge in [0, 0.05) is 19.4 Å². The molecule has 106 valence electrons. The molecular formula is C16H19BrN2O. The van der Waals surface area contributed by atoms with E-state index in [4.69, 9.17) is 0 Å². The second-order valence-corrected chi connectivity index (χ2v) is 5.77. The quantitative estimate of drug-likeness (QED) is 0.836. The van der Waals surface area contributed by atoms with Gasteiger partial charge in [-0.1, -0.05) is 24.3 Å². The van der Waals surface area contributed by atoms with Gasteiger partial charge < -0.3 is 0 Å². The number of ketones is 1. The summed E-state index contributed by atoms with van der Waals surface area (Å²) < 4.78 is 2.85. The lowest BCUT2D eigenvalue weighted by Gasteiger charge is -2.07. The number of hydrogen-bond donors (Lipinski definition) is 0. The molecule has 0 bridgehead atoms. The molecule has 0 N–H and O–H groups in total. The number of aromatic nitrogens is 2. The van der Waals surface area contributed by atoms with Gasteiger partial charge >= 0.3 is 0 Å². The summed E-state index contributed by atoms with van der Waals surface area (Å²) in [4.78, 5) is 12.3. The van der Waals surface area contributed by atoms with E-state index in [9.17, 15) is 4.79 Å². The Labute approximate surface area is 128 Å². The van der Waals surface area contributed by atoms with E-state index in [0.717, 1.165) is 28.0 Å². The third kappa shape index (κ3) is 3.18. The lowest BCUT2D eigenvalue weighted by Crippen LogP contribution is -2.12.